The monoisotopic (exact) mass is 328 g/mol. The quantitative estimate of drug-likeness (QED) is 0.742. The Kier molecular flexibility index (Phi) is 5.51. The smallest absolute Gasteiger partial charge is 0.343 e. The standard InChI is InChI=1S/C17H16N2O5/c1-18-17(23)19-15(21)14(11-7-3-2-4-8-11)24-16(22)12-9-5-6-10-13(12)20/h2-10,14,20H,1H3,(H2,18,19,21,23)/t14-/m1/s1. The molecule has 0 fully saturated rings. The number of hydrogen-bond donors (Lipinski definition) is 3. The van der Waals surface area contributed by atoms with Crippen LogP contribution in [-0.2, 0) is 9.53 Å². The Morgan fingerprint density at radius 1 is 1.00 bits per heavy atom. The second-order valence-electron chi connectivity index (χ2n) is 4.78. The molecule has 3 N–H and O–H groups in total. The van der Waals surface area contributed by atoms with Gasteiger partial charge in [-0.05, 0) is 12.1 Å². The SMILES string of the molecule is CNC(=O)NC(=O)[C@H](OC(=O)c1ccccc1O)c1ccccc1. The molecular formula is C17H16N2O5. The molecular weight excluding hydrogens is 312 g/mol. The molecule has 0 radical (unpaired) electrons. The summed E-state index contributed by atoms with van der Waals surface area (Å²) in [7, 11) is 1.36. The number of benzene rings is 2. The van der Waals surface area contributed by atoms with Crippen LogP contribution in [-0.4, -0.2) is 30.1 Å². The minimum Gasteiger partial charge on any atom is -0.507 e. The van der Waals surface area contributed by atoms with Gasteiger partial charge in [0.15, 0.2) is 0 Å². The van der Waals surface area contributed by atoms with E-state index in [0.717, 1.165) is 0 Å². The lowest BCUT2D eigenvalue weighted by atomic mass is 10.1. The summed E-state index contributed by atoms with van der Waals surface area (Å²) in [6, 6.07) is 13.3. The lowest BCUT2D eigenvalue weighted by molar-refractivity contribution is -0.129. The lowest BCUT2D eigenvalue weighted by Gasteiger charge is -2.17. The number of urea groups is 1. The molecule has 0 saturated carbocycles. The molecule has 0 aliphatic rings. The molecule has 0 unspecified atom stereocenters. The van der Waals surface area contributed by atoms with Crippen LogP contribution in [0.3, 0.4) is 0 Å². The number of ether oxygens (including phenoxy) is 1. The molecule has 7 nitrogen and oxygen atoms in total. The van der Waals surface area contributed by atoms with Gasteiger partial charge in [0.05, 0.1) is 0 Å². The molecule has 0 heterocycles. The molecule has 0 bridgehead atoms. The van der Waals surface area contributed by atoms with Crippen LogP contribution in [0.2, 0.25) is 0 Å². The van der Waals surface area contributed by atoms with E-state index in [2.05, 4.69) is 10.6 Å². The number of esters is 1. The van der Waals surface area contributed by atoms with Crippen LogP contribution < -0.4 is 10.6 Å². The van der Waals surface area contributed by atoms with Crippen molar-refractivity contribution in [3.8, 4) is 5.75 Å². The first-order chi connectivity index (χ1) is 11.5. The van der Waals surface area contributed by atoms with E-state index in [0.29, 0.717) is 5.56 Å². The number of amides is 3. The zero-order valence-electron chi connectivity index (χ0n) is 12.9. The molecule has 124 valence electrons. The number of aromatic hydroxyl groups is 1. The molecule has 2 rings (SSSR count). The molecule has 24 heavy (non-hydrogen) atoms. The first kappa shape index (κ1) is 17.0. The van der Waals surface area contributed by atoms with E-state index in [-0.39, 0.29) is 11.3 Å². The number of phenols is 1. The lowest BCUT2D eigenvalue weighted by Crippen LogP contribution is -2.41. The highest BCUT2D eigenvalue weighted by molar-refractivity contribution is 5.99. The number of carbonyl (C=O) groups excluding carboxylic acids is 3. The summed E-state index contributed by atoms with van der Waals surface area (Å²) in [6.07, 6.45) is -1.34. The molecule has 3 amide bonds. The van der Waals surface area contributed by atoms with Gasteiger partial charge in [-0.15, -0.1) is 0 Å². The van der Waals surface area contributed by atoms with Gasteiger partial charge < -0.3 is 15.2 Å². The fourth-order valence-corrected chi connectivity index (χ4v) is 1.96. The fourth-order valence-electron chi connectivity index (χ4n) is 1.96. The topological polar surface area (TPSA) is 105 Å². The maximum Gasteiger partial charge on any atom is 0.343 e. The highest BCUT2D eigenvalue weighted by atomic mass is 16.5. The number of para-hydroxylation sites is 1. The predicted octanol–water partition coefficient (Wildman–Crippen LogP) is 1.75. The van der Waals surface area contributed by atoms with Gasteiger partial charge in [-0.1, -0.05) is 42.5 Å². The Balaban J connectivity index is 2.26. The summed E-state index contributed by atoms with van der Waals surface area (Å²) in [5.41, 5.74) is 0.314. The highest BCUT2D eigenvalue weighted by Crippen LogP contribution is 2.23. The van der Waals surface area contributed by atoms with Crippen molar-refractivity contribution in [3.63, 3.8) is 0 Å². The average molecular weight is 328 g/mol. The van der Waals surface area contributed by atoms with Crippen molar-refractivity contribution in [1.29, 1.82) is 0 Å². The molecule has 0 aliphatic carbocycles. The zero-order chi connectivity index (χ0) is 17.5. The molecule has 0 aromatic heterocycles. The molecule has 0 aliphatic heterocycles. The van der Waals surface area contributed by atoms with Crippen LogP contribution in [0.25, 0.3) is 0 Å². The van der Waals surface area contributed by atoms with Gasteiger partial charge in [0, 0.05) is 12.6 Å². The normalized spacial score (nSPS) is 11.2. The minimum absolute atomic E-state index is 0.0776. The van der Waals surface area contributed by atoms with Crippen molar-refractivity contribution in [2.24, 2.45) is 0 Å². The average Bonchev–Trinajstić information content (AvgIpc) is 2.60. The summed E-state index contributed by atoms with van der Waals surface area (Å²) < 4.78 is 5.22. The van der Waals surface area contributed by atoms with Gasteiger partial charge in [0.1, 0.15) is 11.3 Å². The van der Waals surface area contributed by atoms with Crippen molar-refractivity contribution in [2.75, 3.05) is 7.05 Å². The van der Waals surface area contributed by atoms with Gasteiger partial charge >= 0.3 is 12.0 Å². The second kappa shape index (κ2) is 7.77. The Hall–Kier alpha value is -3.35. The van der Waals surface area contributed by atoms with Crippen LogP contribution >= 0.6 is 0 Å². The van der Waals surface area contributed by atoms with Crippen molar-refractivity contribution in [2.45, 2.75) is 6.10 Å². The summed E-state index contributed by atoms with van der Waals surface area (Å²) in [5.74, 6) is -1.95. The van der Waals surface area contributed by atoms with Crippen LogP contribution in [0.4, 0.5) is 4.79 Å². The Labute approximate surface area is 138 Å². The van der Waals surface area contributed by atoms with E-state index in [4.69, 9.17) is 4.74 Å². The predicted molar refractivity (Wildman–Crippen MR) is 85.3 cm³/mol. The van der Waals surface area contributed by atoms with Crippen molar-refractivity contribution in [1.82, 2.24) is 10.6 Å². The first-order valence-corrected chi connectivity index (χ1v) is 7.09. The van der Waals surface area contributed by atoms with E-state index in [1.165, 1.54) is 19.2 Å². The van der Waals surface area contributed by atoms with Crippen LogP contribution in [0.15, 0.2) is 54.6 Å². The number of phenolic OH excluding ortho intramolecular Hbond substituents is 1. The molecule has 0 saturated heterocycles. The zero-order valence-corrected chi connectivity index (χ0v) is 12.9. The van der Waals surface area contributed by atoms with Gasteiger partial charge in [0.25, 0.3) is 5.91 Å². The van der Waals surface area contributed by atoms with Gasteiger partial charge in [-0.25, -0.2) is 9.59 Å². The van der Waals surface area contributed by atoms with Crippen LogP contribution in [0, 0.1) is 0 Å². The maximum atomic E-state index is 12.3. The molecule has 2 aromatic carbocycles. The highest BCUT2D eigenvalue weighted by Gasteiger charge is 2.27. The number of rotatable bonds is 4. The maximum absolute atomic E-state index is 12.3. The molecule has 7 heteroatoms. The van der Waals surface area contributed by atoms with E-state index < -0.39 is 24.0 Å². The van der Waals surface area contributed by atoms with Crippen molar-refractivity contribution in [3.05, 3.63) is 65.7 Å². The largest absolute Gasteiger partial charge is 0.507 e. The number of hydrogen-bond acceptors (Lipinski definition) is 5. The third-order valence-corrected chi connectivity index (χ3v) is 3.15. The van der Waals surface area contributed by atoms with Crippen molar-refractivity contribution >= 4 is 17.9 Å². The van der Waals surface area contributed by atoms with Crippen molar-refractivity contribution < 1.29 is 24.2 Å². The molecule has 2 aromatic rings. The first-order valence-electron chi connectivity index (χ1n) is 7.09. The van der Waals surface area contributed by atoms with Crippen LogP contribution in [0.5, 0.6) is 5.75 Å². The van der Waals surface area contributed by atoms with Gasteiger partial charge in [-0.3, -0.25) is 10.1 Å². The van der Waals surface area contributed by atoms with E-state index in [1.807, 2.05) is 0 Å². The fraction of sp³-hybridized carbons (Fsp3) is 0.118. The summed E-state index contributed by atoms with van der Waals surface area (Å²) in [6.45, 7) is 0. The number of imide groups is 1. The van der Waals surface area contributed by atoms with E-state index >= 15 is 0 Å². The molecule has 0 spiro atoms. The minimum atomic E-state index is -1.34. The number of carbonyl (C=O) groups is 3. The van der Waals surface area contributed by atoms with Gasteiger partial charge in [0.2, 0.25) is 6.10 Å². The summed E-state index contributed by atoms with van der Waals surface area (Å²) in [4.78, 5) is 35.8. The Bertz CT molecular complexity index is 746. The Morgan fingerprint density at radius 2 is 1.62 bits per heavy atom. The van der Waals surface area contributed by atoms with E-state index in [1.54, 1.807) is 42.5 Å². The summed E-state index contributed by atoms with van der Waals surface area (Å²) >= 11 is 0. The Morgan fingerprint density at radius 3 is 2.25 bits per heavy atom. The van der Waals surface area contributed by atoms with Gasteiger partial charge in [-0.2, -0.15) is 0 Å². The number of nitrogens with one attached hydrogen (secondary N) is 2. The summed E-state index contributed by atoms with van der Waals surface area (Å²) in [5, 5.41) is 14.0. The third-order valence-electron chi connectivity index (χ3n) is 3.15. The third kappa shape index (κ3) is 4.10. The van der Waals surface area contributed by atoms with E-state index in [9.17, 15) is 19.5 Å². The second-order valence-corrected chi connectivity index (χ2v) is 4.78. The molecule has 1 atom stereocenters. The van der Waals surface area contributed by atoms with Crippen LogP contribution in [0.1, 0.15) is 22.0 Å².